The van der Waals surface area contributed by atoms with Gasteiger partial charge in [0.05, 0.1) is 12.2 Å². The normalized spacial score (nSPS) is 19.2. The largest absolute Gasteiger partial charge is 0.393 e. The van der Waals surface area contributed by atoms with E-state index in [1.807, 2.05) is 6.92 Å². The van der Waals surface area contributed by atoms with Gasteiger partial charge >= 0.3 is 0 Å². The summed E-state index contributed by atoms with van der Waals surface area (Å²) >= 11 is 3.22. The van der Waals surface area contributed by atoms with Crippen molar-refractivity contribution in [3.63, 3.8) is 0 Å². The average Bonchev–Trinajstić information content (AvgIpc) is 3.14. The number of benzene rings is 1. The number of rotatable bonds is 5. The van der Waals surface area contributed by atoms with E-state index in [1.54, 1.807) is 29.1 Å². The van der Waals surface area contributed by atoms with Crippen LogP contribution in [0.4, 0.5) is 4.39 Å². The molecule has 1 saturated heterocycles. The second-order valence-electron chi connectivity index (χ2n) is 6.36. The molecule has 0 radical (unpaired) electrons. The van der Waals surface area contributed by atoms with E-state index in [4.69, 9.17) is 9.47 Å². The number of aliphatic hydroxyl groups is 1. The second-order valence-corrected chi connectivity index (χ2v) is 7.27. The van der Waals surface area contributed by atoms with Gasteiger partial charge in [0.1, 0.15) is 23.8 Å². The van der Waals surface area contributed by atoms with Crippen LogP contribution in [0.5, 0.6) is 0 Å². The second kappa shape index (κ2) is 9.47. The summed E-state index contributed by atoms with van der Waals surface area (Å²) in [5, 5.41) is 9.80. The summed E-state index contributed by atoms with van der Waals surface area (Å²) in [5.74, 6) is 5.97. The molecule has 0 saturated carbocycles. The molecule has 1 fully saturated rings. The fraction of sp³-hybridized carbons (Fsp3) is 0.450. The van der Waals surface area contributed by atoms with Crippen LogP contribution in [0, 0.1) is 17.7 Å². The van der Waals surface area contributed by atoms with Gasteiger partial charge in [0.25, 0.3) is 0 Å². The molecule has 2 heterocycles. The van der Waals surface area contributed by atoms with Crippen LogP contribution >= 0.6 is 15.9 Å². The van der Waals surface area contributed by atoms with Crippen LogP contribution in [0.15, 0.2) is 35.1 Å². The number of hydrogen-bond acceptors (Lipinski definition) is 4. The zero-order chi connectivity index (χ0) is 19.2. The van der Waals surface area contributed by atoms with E-state index in [-0.39, 0.29) is 24.6 Å². The highest BCUT2D eigenvalue weighted by Crippen LogP contribution is 2.24. The van der Waals surface area contributed by atoms with Gasteiger partial charge in [-0.25, -0.2) is 9.37 Å². The first-order valence-electron chi connectivity index (χ1n) is 8.95. The molecule has 3 atom stereocenters. The summed E-state index contributed by atoms with van der Waals surface area (Å²) in [4.78, 5) is 4.36. The molecule has 1 aromatic heterocycles. The first kappa shape index (κ1) is 20.0. The van der Waals surface area contributed by atoms with Crippen LogP contribution in [-0.4, -0.2) is 34.2 Å². The van der Waals surface area contributed by atoms with Crippen LogP contribution in [0.3, 0.4) is 0 Å². The van der Waals surface area contributed by atoms with E-state index in [1.165, 1.54) is 6.07 Å². The van der Waals surface area contributed by atoms with Gasteiger partial charge in [0.15, 0.2) is 6.29 Å². The van der Waals surface area contributed by atoms with Crippen LogP contribution in [0.2, 0.25) is 0 Å². The third-order valence-corrected chi connectivity index (χ3v) is 4.86. The number of aromatic nitrogens is 2. The maximum atomic E-state index is 14.0. The molecule has 1 aliphatic rings. The number of hydrogen-bond donors (Lipinski definition) is 1. The highest BCUT2D eigenvalue weighted by molar-refractivity contribution is 9.10. The van der Waals surface area contributed by atoms with Crippen molar-refractivity contribution in [2.75, 3.05) is 13.2 Å². The Balaban J connectivity index is 1.76. The number of aliphatic hydroxyl groups excluding tert-OH is 1. The smallest absolute Gasteiger partial charge is 0.158 e. The van der Waals surface area contributed by atoms with Gasteiger partial charge in [-0.05, 0) is 44.4 Å². The summed E-state index contributed by atoms with van der Waals surface area (Å²) in [5.41, 5.74) is 0.276. The molecule has 0 aliphatic carbocycles. The van der Waals surface area contributed by atoms with E-state index in [0.29, 0.717) is 16.9 Å². The van der Waals surface area contributed by atoms with E-state index >= 15 is 0 Å². The molecule has 7 heteroatoms. The molecule has 1 aromatic carbocycles. The quantitative estimate of drug-likeness (QED) is 0.720. The van der Waals surface area contributed by atoms with Gasteiger partial charge in [-0.1, -0.05) is 27.8 Å². The van der Waals surface area contributed by atoms with Crippen LogP contribution < -0.4 is 0 Å². The van der Waals surface area contributed by atoms with Gasteiger partial charge in [0, 0.05) is 23.5 Å². The van der Waals surface area contributed by atoms with Crippen molar-refractivity contribution in [2.45, 2.75) is 44.6 Å². The summed E-state index contributed by atoms with van der Waals surface area (Å²) in [6, 6.07) is 4.13. The Morgan fingerprint density at radius 1 is 1.48 bits per heavy atom. The minimum Gasteiger partial charge on any atom is -0.393 e. The Bertz CT molecular complexity index is 824. The van der Waals surface area contributed by atoms with Gasteiger partial charge in [-0.3, -0.25) is 0 Å². The highest BCUT2D eigenvalue weighted by atomic mass is 79.9. The number of imidazole rings is 1. The standard InChI is InChI=1S/C20H22BrFN2O3/c1-14(27-19-4-2-3-11-26-19)20-23-9-10-24(20)17(13-25)8-6-15-5-7-16(21)12-18(15)22/h5,7,9-10,12,14,17,19,25H,2-4,11,13H2,1H3/t14-,17?,19?/m0/s1. The molecule has 1 aliphatic heterocycles. The molecule has 1 N–H and O–H groups in total. The van der Waals surface area contributed by atoms with Crippen molar-refractivity contribution in [1.82, 2.24) is 9.55 Å². The highest BCUT2D eigenvalue weighted by Gasteiger charge is 2.22. The lowest BCUT2D eigenvalue weighted by Gasteiger charge is -2.26. The van der Waals surface area contributed by atoms with Crippen molar-refractivity contribution in [3.8, 4) is 11.8 Å². The van der Waals surface area contributed by atoms with Crippen LogP contribution in [0.1, 0.15) is 49.7 Å². The number of nitrogens with zero attached hydrogens (tertiary/aromatic N) is 2. The third kappa shape index (κ3) is 5.17. The zero-order valence-corrected chi connectivity index (χ0v) is 16.7. The lowest BCUT2D eigenvalue weighted by Crippen LogP contribution is -2.25. The molecule has 2 unspecified atom stereocenters. The molecular formula is C20H22BrFN2O3. The van der Waals surface area contributed by atoms with Crippen LogP contribution in [0.25, 0.3) is 0 Å². The molecule has 144 valence electrons. The van der Waals surface area contributed by atoms with Crippen molar-refractivity contribution in [3.05, 3.63) is 52.3 Å². The molecule has 27 heavy (non-hydrogen) atoms. The van der Waals surface area contributed by atoms with Crippen molar-refractivity contribution >= 4 is 15.9 Å². The Morgan fingerprint density at radius 2 is 2.33 bits per heavy atom. The summed E-state index contributed by atoms with van der Waals surface area (Å²) in [6.07, 6.45) is 5.81. The third-order valence-electron chi connectivity index (χ3n) is 4.37. The lowest BCUT2D eigenvalue weighted by molar-refractivity contribution is -0.188. The van der Waals surface area contributed by atoms with Gasteiger partial charge < -0.3 is 19.1 Å². The summed E-state index contributed by atoms with van der Waals surface area (Å²) < 4.78 is 28.0. The van der Waals surface area contributed by atoms with Gasteiger partial charge in [0.2, 0.25) is 0 Å². The molecule has 0 spiro atoms. The zero-order valence-electron chi connectivity index (χ0n) is 15.1. The van der Waals surface area contributed by atoms with E-state index in [0.717, 1.165) is 19.3 Å². The van der Waals surface area contributed by atoms with E-state index < -0.39 is 11.9 Å². The summed E-state index contributed by atoms with van der Waals surface area (Å²) in [6.45, 7) is 2.38. The molecule has 2 aromatic rings. The lowest BCUT2D eigenvalue weighted by atomic mass is 10.2. The monoisotopic (exact) mass is 436 g/mol. The van der Waals surface area contributed by atoms with Crippen LogP contribution in [-0.2, 0) is 9.47 Å². The first-order valence-corrected chi connectivity index (χ1v) is 9.75. The van der Waals surface area contributed by atoms with Crippen molar-refractivity contribution in [1.29, 1.82) is 0 Å². The minimum atomic E-state index is -0.552. The predicted molar refractivity (Wildman–Crippen MR) is 102 cm³/mol. The molecule has 0 bridgehead atoms. The van der Waals surface area contributed by atoms with E-state index in [2.05, 4.69) is 32.8 Å². The first-order chi connectivity index (χ1) is 13.1. The molecule has 3 rings (SSSR count). The maximum Gasteiger partial charge on any atom is 0.158 e. The maximum absolute atomic E-state index is 14.0. The topological polar surface area (TPSA) is 56.5 Å². The van der Waals surface area contributed by atoms with Gasteiger partial charge in [-0.2, -0.15) is 0 Å². The molecule has 0 amide bonds. The van der Waals surface area contributed by atoms with Crippen molar-refractivity contribution in [2.24, 2.45) is 0 Å². The minimum absolute atomic E-state index is 0.221. The number of ether oxygens (including phenoxy) is 2. The van der Waals surface area contributed by atoms with E-state index in [9.17, 15) is 9.50 Å². The fourth-order valence-corrected chi connectivity index (χ4v) is 3.30. The number of halogens is 2. The average molecular weight is 437 g/mol. The Morgan fingerprint density at radius 3 is 3.04 bits per heavy atom. The van der Waals surface area contributed by atoms with Gasteiger partial charge in [-0.15, -0.1) is 0 Å². The van der Waals surface area contributed by atoms with Crippen molar-refractivity contribution < 1.29 is 19.0 Å². The fourth-order valence-electron chi connectivity index (χ4n) is 2.97. The Kier molecular flexibility index (Phi) is 7.02. The Hall–Kier alpha value is -1.72. The Labute approximate surface area is 166 Å². The molecule has 5 nitrogen and oxygen atoms in total. The summed E-state index contributed by atoms with van der Waals surface area (Å²) in [7, 11) is 0. The predicted octanol–water partition coefficient (Wildman–Crippen LogP) is 3.97. The SMILES string of the molecule is C[C@H](OC1CCCCO1)c1nccn1C(C#Cc1ccc(Br)cc1F)CO. The molecular weight excluding hydrogens is 415 g/mol.